The number of hydrogen-bond acceptors (Lipinski definition) is 4. The van der Waals surface area contributed by atoms with E-state index in [0.717, 1.165) is 0 Å². The number of imidazole rings is 1. The molecule has 0 fully saturated rings. The Morgan fingerprint density at radius 1 is 1.50 bits per heavy atom. The smallest absolute Gasteiger partial charge is 0.356 e. The van der Waals surface area contributed by atoms with Crippen LogP contribution in [0.25, 0.3) is 5.69 Å². The number of carbonyl (C=O) groups is 1. The van der Waals surface area contributed by atoms with Gasteiger partial charge < -0.3 is 5.11 Å². The van der Waals surface area contributed by atoms with Crippen LogP contribution in [0.4, 0.5) is 5.69 Å². The second kappa shape index (κ2) is 4.57. The maximum Gasteiger partial charge on any atom is 0.356 e. The number of nitro groups is 1. The lowest BCUT2D eigenvalue weighted by atomic mass is 10.2. The molecule has 0 bridgehead atoms. The van der Waals surface area contributed by atoms with Gasteiger partial charge in [-0.1, -0.05) is 15.9 Å². The highest BCUT2D eigenvalue weighted by Crippen LogP contribution is 2.26. The molecule has 0 atom stereocenters. The van der Waals surface area contributed by atoms with Crippen molar-refractivity contribution in [2.45, 2.75) is 0 Å². The van der Waals surface area contributed by atoms with Crippen molar-refractivity contribution in [3.63, 3.8) is 0 Å². The maximum atomic E-state index is 10.9. The Morgan fingerprint density at radius 2 is 2.22 bits per heavy atom. The second-order valence-corrected chi connectivity index (χ2v) is 4.28. The van der Waals surface area contributed by atoms with Crippen molar-refractivity contribution in [3.8, 4) is 5.69 Å². The van der Waals surface area contributed by atoms with E-state index >= 15 is 0 Å². The maximum absolute atomic E-state index is 10.9. The Bertz CT molecular complexity index is 638. The Labute approximate surface area is 109 Å². The normalized spacial score (nSPS) is 10.3. The quantitative estimate of drug-likeness (QED) is 0.692. The first-order valence-electron chi connectivity index (χ1n) is 4.70. The molecule has 0 saturated heterocycles. The predicted molar refractivity (Wildman–Crippen MR) is 64.9 cm³/mol. The van der Waals surface area contributed by atoms with Crippen LogP contribution < -0.4 is 0 Å². The Kier molecular flexibility index (Phi) is 3.11. The molecule has 1 aromatic heterocycles. The van der Waals surface area contributed by atoms with Crippen molar-refractivity contribution >= 4 is 27.6 Å². The summed E-state index contributed by atoms with van der Waals surface area (Å²) < 4.78 is 1.94. The van der Waals surface area contributed by atoms with Gasteiger partial charge in [0.05, 0.1) is 4.92 Å². The number of aromatic carboxylic acids is 1. The van der Waals surface area contributed by atoms with Crippen LogP contribution >= 0.6 is 15.9 Å². The zero-order chi connectivity index (χ0) is 13.3. The third-order valence-electron chi connectivity index (χ3n) is 2.21. The molecule has 7 nitrogen and oxygen atoms in total. The number of carboxylic acid groups (broad SMARTS) is 1. The highest BCUT2D eigenvalue weighted by molar-refractivity contribution is 9.10. The zero-order valence-corrected chi connectivity index (χ0v) is 10.4. The van der Waals surface area contributed by atoms with E-state index in [1.807, 2.05) is 0 Å². The fraction of sp³-hybridized carbons (Fsp3) is 0. The van der Waals surface area contributed by atoms with Crippen LogP contribution in [-0.2, 0) is 0 Å². The summed E-state index contributed by atoms with van der Waals surface area (Å²) in [6.45, 7) is 0. The van der Waals surface area contributed by atoms with Crippen LogP contribution in [0.5, 0.6) is 0 Å². The van der Waals surface area contributed by atoms with Gasteiger partial charge in [-0.25, -0.2) is 9.78 Å². The minimum atomic E-state index is -1.19. The van der Waals surface area contributed by atoms with Gasteiger partial charge in [0.2, 0.25) is 0 Å². The number of carboxylic acids is 1. The number of hydrogen-bond donors (Lipinski definition) is 1. The van der Waals surface area contributed by atoms with Crippen LogP contribution in [0.15, 0.2) is 35.2 Å². The van der Waals surface area contributed by atoms with E-state index in [-0.39, 0.29) is 17.1 Å². The lowest BCUT2D eigenvalue weighted by Crippen LogP contribution is -1.99. The summed E-state index contributed by atoms with van der Waals surface area (Å²) in [6.07, 6.45) is 2.44. The first-order valence-corrected chi connectivity index (χ1v) is 5.50. The van der Waals surface area contributed by atoms with Gasteiger partial charge in [0, 0.05) is 16.7 Å². The summed E-state index contributed by atoms with van der Waals surface area (Å²) in [5.74, 6) is -1.19. The minimum Gasteiger partial charge on any atom is -0.476 e. The summed E-state index contributed by atoms with van der Waals surface area (Å²) in [4.78, 5) is 24.7. The molecule has 18 heavy (non-hydrogen) atoms. The van der Waals surface area contributed by atoms with E-state index in [1.54, 1.807) is 0 Å². The first-order chi connectivity index (χ1) is 8.49. The molecule has 0 spiro atoms. The summed E-state index contributed by atoms with van der Waals surface area (Å²) in [6, 6.07) is 4.39. The van der Waals surface area contributed by atoms with Gasteiger partial charge in [-0.2, -0.15) is 0 Å². The molecule has 2 aromatic rings. The van der Waals surface area contributed by atoms with Crippen LogP contribution in [0, 0.1) is 10.1 Å². The van der Waals surface area contributed by atoms with Crippen molar-refractivity contribution in [2.75, 3.05) is 0 Å². The number of benzene rings is 1. The molecule has 8 heteroatoms. The molecule has 0 aliphatic carbocycles. The molecule has 0 unspecified atom stereocenters. The average Bonchev–Trinajstić information content (AvgIpc) is 2.77. The van der Waals surface area contributed by atoms with E-state index < -0.39 is 10.9 Å². The van der Waals surface area contributed by atoms with Gasteiger partial charge in [-0.15, -0.1) is 0 Å². The van der Waals surface area contributed by atoms with Crippen LogP contribution in [0.2, 0.25) is 0 Å². The molecular formula is C10H6BrN3O4. The fourth-order valence-corrected chi connectivity index (χ4v) is 1.77. The molecular weight excluding hydrogens is 306 g/mol. The second-order valence-electron chi connectivity index (χ2n) is 3.36. The van der Waals surface area contributed by atoms with E-state index in [4.69, 9.17) is 5.11 Å². The highest BCUT2D eigenvalue weighted by atomic mass is 79.9. The molecule has 0 radical (unpaired) electrons. The third kappa shape index (κ3) is 2.23. The molecule has 0 amide bonds. The number of nitrogens with zero attached hydrogens (tertiary/aromatic N) is 3. The van der Waals surface area contributed by atoms with E-state index in [2.05, 4.69) is 20.9 Å². The zero-order valence-electron chi connectivity index (χ0n) is 8.78. The molecule has 92 valence electrons. The molecule has 0 aliphatic heterocycles. The van der Waals surface area contributed by atoms with E-state index in [0.29, 0.717) is 4.47 Å². The molecule has 0 saturated carbocycles. The average molecular weight is 312 g/mol. The largest absolute Gasteiger partial charge is 0.476 e. The Hall–Kier alpha value is -2.22. The molecule has 2 rings (SSSR count). The van der Waals surface area contributed by atoms with E-state index in [9.17, 15) is 14.9 Å². The monoisotopic (exact) mass is 311 g/mol. The topological polar surface area (TPSA) is 98.3 Å². The Balaban J connectivity index is 2.57. The fourth-order valence-electron chi connectivity index (χ4n) is 1.42. The standard InChI is InChI=1S/C10H6BrN3O4/c11-6-1-2-8(14(17)18)9(3-6)13-4-7(10(15)16)12-5-13/h1-5H,(H,15,16). The molecule has 1 aromatic carbocycles. The van der Waals surface area contributed by atoms with Gasteiger partial charge in [0.15, 0.2) is 5.69 Å². The number of aromatic nitrogens is 2. The number of halogens is 1. The first kappa shape index (κ1) is 12.2. The summed E-state index contributed by atoms with van der Waals surface area (Å²) in [5, 5.41) is 19.6. The van der Waals surface area contributed by atoms with Gasteiger partial charge in [-0.05, 0) is 12.1 Å². The minimum absolute atomic E-state index is 0.132. The van der Waals surface area contributed by atoms with Crippen molar-refractivity contribution in [1.82, 2.24) is 9.55 Å². The van der Waals surface area contributed by atoms with E-state index in [1.165, 1.54) is 35.3 Å². The SMILES string of the molecule is O=C(O)c1cn(-c2cc(Br)ccc2[N+](=O)[O-])cn1. The number of nitro benzene ring substituents is 1. The lowest BCUT2D eigenvalue weighted by Gasteiger charge is -2.03. The molecule has 0 aliphatic rings. The van der Waals surface area contributed by atoms with Crippen molar-refractivity contribution in [2.24, 2.45) is 0 Å². The Morgan fingerprint density at radius 3 is 2.78 bits per heavy atom. The summed E-state index contributed by atoms with van der Waals surface area (Å²) >= 11 is 3.21. The number of rotatable bonds is 3. The van der Waals surface area contributed by atoms with Crippen LogP contribution in [-0.4, -0.2) is 25.6 Å². The van der Waals surface area contributed by atoms with Gasteiger partial charge in [0.1, 0.15) is 12.0 Å². The van der Waals surface area contributed by atoms with Gasteiger partial charge >= 0.3 is 5.97 Å². The van der Waals surface area contributed by atoms with Crippen molar-refractivity contribution < 1.29 is 14.8 Å². The van der Waals surface area contributed by atoms with Crippen molar-refractivity contribution in [3.05, 3.63) is 51.0 Å². The lowest BCUT2D eigenvalue weighted by molar-refractivity contribution is -0.384. The highest BCUT2D eigenvalue weighted by Gasteiger charge is 2.17. The predicted octanol–water partition coefficient (Wildman–Crippen LogP) is 2.24. The van der Waals surface area contributed by atoms with Crippen LogP contribution in [0.3, 0.4) is 0 Å². The molecule has 1 heterocycles. The summed E-state index contributed by atoms with van der Waals surface area (Å²) in [5.41, 5.74) is -0.0637. The third-order valence-corrected chi connectivity index (χ3v) is 2.71. The summed E-state index contributed by atoms with van der Waals surface area (Å²) in [7, 11) is 0. The van der Waals surface area contributed by atoms with Gasteiger partial charge in [0.25, 0.3) is 5.69 Å². The van der Waals surface area contributed by atoms with Crippen molar-refractivity contribution in [1.29, 1.82) is 0 Å². The van der Waals surface area contributed by atoms with Gasteiger partial charge in [-0.3, -0.25) is 14.7 Å². The van der Waals surface area contributed by atoms with Crippen LogP contribution in [0.1, 0.15) is 10.5 Å². The molecule has 1 N–H and O–H groups in total.